The summed E-state index contributed by atoms with van der Waals surface area (Å²) in [5.41, 5.74) is 2.80. The summed E-state index contributed by atoms with van der Waals surface area (Å²) in [6.45, 7) is 8.10. The quantitative estimate of drug-likeness (QED) is 0.893. The van der Waals surface area contributed by atoms with Crippen molar-refractivity contribution in [1.82, 2.24) is 20.3 Å². The molecule has 100 valence electrons. The lowest BCUT2D eigenvalue weighted by atomic mass is 10.2. The normalized spacial score (nSPS) is 10.9. The first kappa shape index (κ1) is 13.6. The molecule has 2 rings (SSSR count). The zero-order chi connectivity index (χ0) is 13.7. The number of pyridine rings is 1. The predicted octanol–water partition coefficient (Wildman–Crippen LogP) is 2.59. The van der Waals surface area contributed by atoms with E-state index in [4.69, 9.17) is 0 Å². The molecule has 2 aromatic heterocycles. The van der Waals surface area contributed by atoms with Crippen molar-refractivity contribution in [3.05, 3.63) is 41.9 Å². The topological polar surface area (TPSA) is 50.7 Å². The number of rotatable bonds is 5. The number of hydrogen-bond acceptors (Lipinski definition) is 4. The van der Waals surface area contributed by atoms with Crippen LogP contribution in [0.5, 0.6) is 0 Å². The van der Waals surface area contributed by atoms with E-state index in [1.807, 2.05) is 31.2 Å². The SMILES string of the molecule is Cc1cccc(-c2nccc(CNCC(C)C)n2)n1. The van der Waals surface area contributed by atoms with Crippen LogP contribution in [0, 0.1) is 12.8 Å². The molecule has 0 aliphatic rings. The zero-order valence-electron chi connectivity index (χ0n) is 11.7. The van der Waals surface area contributed by atoms with Crippen molar-refractivity contribution < 1.29 is 0 Å². The van der Waals surface area contributed by atoms with Crippen LogP contribution >= 0.6 is 0 Å². The van der Waals surface area contributed by atoms with E-state index in [1.165, 1.54) is 0 Å². The molecule has 0 bridgehead atoms. The Morgan fingerprint density at radius 1 is 1.16 bits per heavy atom. The average Bonchev–Trinajstić information content (AvgIpc) is 2.39. The first-order chi connectivity index (χ1) is 9.15. The highest BCUT2D eigenvalue weighted by molar-refractivity contribution is 5.48. The third kappa shape index (κ3) is 4.10. The first-order valence-electron chi connectivity index (χ1n) is 6.62. The minimum atomic E-state index is 0.639. The summed E-state index contributed by atoms with van der Waals surface area (Å²) >= 11 is 0. The third-order valence-corrected chi connectivity index (χ3v) is 2.69. The maximum atomic E-state index is 4.54. The number of nitrogens with zero attached hydrogens (tertiary/aromatic N) is 3. The summed E-state index contributed by atoms with van der Waals surface area (Å²) in [6, 6.07) is 7.82. The molecule has 0 aliphatic heterocycles. The smallest absolute Gasteiger partial charge is 0.178 e. The average molecular weight is 256 g/mol. The van der Waals surface area contributed by atoms with Gasteiger partial charge in [-0.2, -0.15) is 0 Å². The molecular weight excluding hydrogens is 236 g/mol. The molecule has 19 heavy (non-hydrogen) atoms. The zero-order valence-corrected chi connectivity index (χ0v) is 11.7. The van der Waals surface area contributed by atoms with Gasteiger partial charge in [-0.3, -0.25) is 0 Å². The Labute approximate surface area is 114 Å². The summed E-state index contributed by atoms with van der Waals surface area (Å²) < 4.78 is 0. The number of hydrogen-bond donors (Lipinski definition) is 1. The molecule has 0 aliphatic carbocycles. The van der Waals surface area contributed by atoms with Crippen molar-refractivity contribution in [2.45, 2.75) is 27.3 Å². The Hall–Kier alpha value is -1.81. The van der Waals surface area contributed by atoms with E-state index in [-0.39, 0.29) is 0 Å². The molecular formula is C15H20N4. The largest absolute Gasteiger partial charge is 0.311 e. The van der Waals surface area contributed by atoms with Crippen molar-refractivity contribution in [2.75, 3.05) is 6.54 Å². The van der Waals surface area contributed by atoms with Gasteiger partial charge in [0.05, 0.1) is 5.69 Å². The van der Waals surface area contributed by atoms with Crippen molar-refractivity contribution in [2.24, 2.45) is 5.92 Å². The molecule has 1 N–H and O–H groups in total. The van der Waals surface area contributed by atoms with Gasteiger partial charge in [-0.25, -0.2) is 15.0 Å². The maximum Gasteiger partial charge on any atom is 0.178 e. The van der Waals surface area contributed by atoms with Gasteiger partial charge >= 0.3 is 0 Å². The molecule has 0 spiro atoms. The second-order valence-electron chi connectivity index (χ2n) is 5.06. The molecule has 0 saturated heterocycles. The van der Waals surface area contributed by atoms with Gasteiger partial charge in [-0.15, -0.1) is 0 Å². The van der Waals surface area contributed by atoms with Crippen LogP contribution in [0.4, 0.5) is 0 Å². The first-order valence-corrected chi connectivity index (χ1v) is 6.62. The fraction of sp³-hybridized carbons (Fsp3) is 0.400. The minimum Gasteiger partial charge on any atom is -0.311 e. The third-order valence-electron chi connectivity index (χ3n) is 2.69. The Kier molecular flexibility index (Phi) is 4.58. The summed E-state index contributed by atoms with van der Waals surface area (Å²) in [7, 11) is 0. The second kappa shape index (κ2) is 6.38. The van der Waals surface area contributed by atoms with E-state index >= 15 is 0 Å². The summed E-state index contributed by atoms with van der Waals surface area (Å²) in [4.78, 5) is 13.3. The van der Waals surface area contributed by atoms with Crippen LogP contribution in [-0.4, -0.2) is 21.5 Å². The molecule has 0 unspecified atom stereocenters. The van der Waals surface area contributed by atoms with Crippen molar-refractivity contribution in [1.29, 1.82) is 0 Å². The lowest BCUT2D eigenvalue weighted by Gasteiger charge is -2.07. The van der Waals surface area contributed by atoms with Gasteiger partial charge in [0.1, 0.15) is 5.69 Å². The molecule has 2 aromatic rings. The Morgan fingerprint density at radius 2 is 2.00 bits per heavy atom. The number of aryl methyl sites for hydroxylation is 1. The predicted molar refractivity (Wildman–Crippen MR) is 76.5 cm³/mol. The van der Waals surface area contributed by atoms with Crippen LogP contribution in [0.25, 0.3) is 11.5 Å². The Bertz CT molecular complexity index is 537. The highest BCUT2D eigenvalue weighted by Crippen LogP contribution is 2.12. The van der Waals surface area contributed by atoms with Crippen LogP contribution in [0.2, 0.25) is 0 Å². The van der Waals surface area contributed by atoms with Gasteiger partial charge in [0.25, 0.3) is 0 Å². The van der Waals surface area contributed by atoms with Gasteiger partial charge in [0.2, 0.25) is 0 Å². The highest BCUT2D eigenvalue weighted by Gasteiger charge is 2.04. The molecule has 0 fully saturated rings. The van der Waals surface area contributed by atoms with E-state index in [0.29, 0.717) is 11.7 Å². The lowest BCUT2D eigenvalue weighted by Crippen LogP contribution is -2.19. The molecule has 2 heterocycles. The van der Waals surface area contributed by atoms with E-state index in [2.05, 4.69) is 34.1 Å². The van der Waals surface area contributed by atoms with Gasteiger partial charge in [0, 0.05) is 18.4 Å². The molecule has 0 saturated carbocycles. The van der Waals surface area contributed by atoms with E-state index in [9.17, 15) is 0 Å². The van der Waals surface area contributed by atoms with Crippen LogP contribution in [0.3, 0.4) is 0 Å². The fourth-order valence-electron chi connectivity index (χ4n) is 1.77. The van der Waals surface area contributed by atoms with Gasteiger partial charge in [0.15, 0.2) is 5.82 Å². The molecule has 4 heteroatoms. The van der Waals surface area contributed by atoms with Crippen LogP contribution in [0.1, 0.15) is 25.2 Å². The monoisotopic (exact) mass is 256 g/mol. The maximum absolute atomic E-state index is 4.54. The summed E-state index contributed by atoms with van der Waals surface area (Å²) in [6.07, 6.45) is 1.79. The van der Waals surface area contributed by atoms with E-state index < -0.39 is 0 Å². The lowest BCUT2D eigenvalue weighted by molar-refractivity contribution is 0.548. The van der Waals surface area contributed by atoms with Crippen LogP contribution in [-0.2, 0) is 6.54 Å². The summed E-state index contributed by atoms with van der Waals surface area (Å²) in [5.74, 6) is 1.33. The molecule has 4 nitrogen and oxygen atoms in total. The van der Waals surface area contributed by atoms with Gasteiger partial charge in [-0.05, 0) is 37.6 Å². The Balaban J connectivity index is 2.11. The molecule has 0 aromatic carbocycles. The second-order valence-corrected chi connectivity index (χ2v) is 5.06. The number of aromatic nitrogens is 3. The van der Waals surface area contributed by atoms with E-state index in [1.54, 1.807) is 6.20 Å². The number of nitrogens with one attached hydrogen (secondary N) is 1. The molecule has 0 amide bonds. The standard InChI is InChI=1S/C15H20N4/c1-11(2)9-16-10-13-7-8-17-15(19-13)14-6-4-5-12(3)18-14/h4-8,11,16H,9-10H2,1-3H3. The van der Waals surface area contributed by atoms with Crippen molar-refractivity contribution >= 4 is 0 Å². The molecule has 0 radical (unpaired) electrons. The molecule has 0 atom stereocenters. The van der Waals surface area contributed by atoms with Crippen molar-refractivity contribution in [3.8, 4) is 11.5 Å². The van der Waals surface area contributed by atoms with Gasteiger partial charge < -0.3 is 5.32 Å². The highest BCUT2D eigenvalue weighted by atomic mass is 14.9. The van der Waals surface area contributed by atoms with Crippen molar-refractivity contribution in [3.63, 3.8) is 0 Å². The summed E-state index contributed by atoms with van der Waals surface area (Å²) in [5, 5.41) is 3.38. The van der Waals surface area contributed by atoms with Crippen LogP contribution in [0.15, 0.2) is 30.5 Å². The fourth-order valence-corrected chi connectivity index (χ4v) is 1.77. The van der Waals surface area contributed by atoms with Crippen LogP contribution < -0.4 is 5.32 Å². The minimum absolute atomic E-state index is 0.639. The van der Waals surface area contributed by atoms with Gasteiger partial charge in [-0.1, -0.05) is 19.9 Å². The Morgan fingerprint density at radius 3 is 2.74 bits per heavy atom. The van der Waals surface area contributed by atoms with E-state index in [0.717, 1.165) is 30.2 Å².